The molecular formula is C12H10O5. The molecule has 5 nitrogen and oxygen atoms in total. The van der Waals surface area contributed by atoms with Gasteiger partial charge in [-0.15, -0.1) is 0 Å². The third kappa shape index (κ3) is 1.65. The molecule has 17 heavy (non-hydrogen) atoms. The topological polar surface area (TPSA) is 87.7 Å². The summed E-state index contributed by atoms with van der Waals surface area (Å²) in [6.45, 7) is 1.66. The summed E-state index contributed by atoms with van der Waals surface area (Å²) in [5.74, 6) is -1.86. The smallest absolute Gasteiger partial charge is 0.372 e. The van der Waals surface area contributed by atoms with Gasteiger partial charge in [-0.3, -0.25) is 4.79 Å². The van der Waals surface area contributed by atoms with Gasteiger partial charge in [0.05, 0.1) is 5.56 Å². The van der Waals surface area contributed by atoms with Crippen LogP contribution in [0.2, 0.25) is 0 Å². The first-order valence-corrected chi connectivity index (χ1v) is 5.07. The Morgan fingerprint density at radius 1 is 1.41 bits per heavy atom. The van der Waals surface area contributed by atoms with Crippen LogP contribution in [0.15, 0.2) is 27.4 Å². The minimum Gasteiger partial charge on any atom is -0.507 e. The number of fused-ring (bicyclic) bond motifs is 1. The second-order valence-corrected chi connectivity index (χ2v) is 3.55. The molecule has 0 radical (unpaired) electrons. The van der Waals surface area contributed by atoms with Gasteiger partial charge in [0.1, 0.15) is 16.7 Å². The maximum Gasteiger partial charge on any atom is 0.372 e. The number of aromatic carboxylic acids is 1. The van der Waals surface area contributed by atoms with Crippen molar-refractivity contribution in [1.29, 1.82) is 0 Å². The lowest BCUT2D eigenvalue weighted by molar-refractivity contribution is 0.0661. The molecule has 2 rings (SSSR count). The van der Waals surface area contributed by atoms with E-state index in [1.165, 1.54) is 18.2 Å². The van der Waals surface area contributed by atoms with Gasteiger partial charge < -0.3 is 14.6 Å². The molecule has 0 aliphatic rings. The van der Waals surface area contributed by atoms with Crippen LogP contribution in [0, 0.1) is 0 Å². The summed E-state index contributed by atoms with van der Waals surface area (Å²) in [4.78, 5) is 23.0. The molecule has 1 aromatic carbocycles. The van der Waals surface area contributed by atoms with Crippen molar-refractivity contribution >= 4 is 16.9 Å². The lowest BCUT2D eigenvalue weighted by atomic mass is 10.1. The van der Waals surface area contributed by atoms with Crippen molar-refractivity contribution in [1.82, 2.24) is 0 Å². The fourth-order valence-electron chi connectivity index (χ4n) is 1.75. The van der Waals surface area contributed by atoms with E-state index in [-0.39, 0.29) is 34.5 Å². The summed E-state index contributed by atoms with van der Waals surface area (Å²) in [5.41, 5.74) is -0.361. The molecule has 0 fully saturated rings. The third-order valence-electron chi connectivity index (χ3n) is 2.54. The zero-order chi connectivity index (χ0) is 12.6. The minimum atomic E-state index is -1.29. The van der Waals surface area contributed by atoms with Gasteiger partial charge in [0.25, 0.3) is 0 Å². The predicted molar refractivity (Wildman–Crippen MR) is 60.5 cm³/mol. The minimum absolute atomic E-state index is 0.0225. The molecule has 2 N–H and O–H groups in total. The Bertz CT molecular complexity index is 654. The maximum absolute atomic E-state index is 12.0. The molecular weight excluding hydrogens is 224 g/mol. The van der Waals surface area contributed by atoms with Crippen LogP contribution in [-0.2, 0) is 6.42 Å². The molecule has 1 aromatic heterocycles. The number of carbonyl (C=O) groups is 1. The van der Waals surface area contributed by atoms with Crippen molar-refractivity contribution in [2.45, 2.75) is 13.3 Å². The van der Waals surface area contributed by atoms with Crippen LogP contribution < -0.4 is 5.43 Å². The molecule has 1 heterocycles. The number of rotatable bonds is 2. The van der Waals surface area contributed by atoms with Crippen LogP contribution >= 0.6 is 0 Å². The normalized spacial score (nSPS) is 10.6. The van der Waals surface area contributed by atoms with Gasteiger partial charge in [0.15, 0.2) is 0 Å². The second kappa shape index (κ2) is 3.93. The van der Waals surface area contributed by atoms with Crippen LogP contribution in [0.1, 0.15) is 23.0 Å². The van der Waals surface area contributed by atoms with Gasteiger partial charge in [0.2, 0.25) is 11.2 Å². The Hall–Kier alpha value is -2.30. The number of aromatic hydroxyl groups is 1. The SMILES string of the molecule is CCc1c(C(=O)O)oc2cccc(O)c2c1=O. The first-order valence-electron chi connectivity index (χ1n) is 5.07. The summed E-state index contributed by atoms with van der Waals surface area (Å²) in [5, 5.41) is 18.6. The molecule has 0 aliphatic carbocycles. The average molecular weight is 234 g/mol. The zero-order valence-corrected chi connectivity index (χ0v) is 9.06. The van der Waals surface area contributed by atoms with E-state index in [9.17, 15) is 14.7 Å². The van der Waals surface area contributed by atoms with Crippen molar-refractivity contribution in [3.63, 3.8) is 0 Å². The van der Waals surface area contributed by atoms with Crippen molar-refractivity contribution in [3.8, 4) is 5.75 Å². The maximum atomic E-state index is 12.0. The largest absolute Gasteiger partial charge is 0.507 e. The van der Waals surface area contributed by atoms with Gasteiger partial charge in [-0.2, -0.15) is 0 Å². The molecule has 0 unspecified atom stereocenters. The van der Waals surface area contributed by atoms with E-state index < -0.39 is 11.4 Å². The van der Waals surface area contributed by atoms with E-state index in [2.05, 4.69) is 0 Å². The van der Waals surface area contributed by atoms with E-state index >= 15 is 0 Å². The number of phenols is 1. The Balaban J connectivity index is 2.99. The Morgan fingerprint density at radius 3 is 2.71 bits per heavy atom. The second-order valence-electron chi connectivity index (χ2n) is 3.55. The molecule has 0 saturated heterocycles. The van der Waals surface area contributed by atoms with E-state index in [0.717, 1.165) is 0 Å². The highest BCUT2D eigenvalue weighted by Gasteiger charge is 2.19. The summed E-state index contributed by atoms with van der Waals surface area (Å²) >= 11 is 0. The predicted octanol–water partition coefficient (Wildman–Crippen LogP) is 1.76. The van der Waals surface area contributed by atoms with Crippen LogP contribution in [-0.4, -0.2) is 16.2 Å². The monoisotopic (exact) mass is 234 g/mol. The van der Waals surface area contributed by atoms with Gasteiger partial charge in [0, 0.05) is 0 Å². The van der Waals surface area contributed by atoms with Gasteiger partial charge in [-0.25, -0.2) is 4.79 Å². The summed E-state index contributed by atoms with van der Waals surface area (Å²) in [6.07, 6.45) is 0.230. The standard InChI is InChI=1S/C12H10O5/c1-2-6-10(14)9-7(13)4-3-5-8(9)17-11(6)12(15)16/h3-5,13H,2H2,1H3,(H,15,16). The summed E-state index contributed by atoms with van der Waals surface area (Å²) in [6, 6.07) is 4.29. The third-order valence-corrected chi connectivity index (χ3v) is 2.54. The first kappa shape index (κ1) is 11.2. The number of benzene rings is 1. The van der Waals surface area contributed by atoms with E-state index in [0.29, 0.717) is 0 Å². The van der Waals surface area contributed by atoms with Crippen LogP contribution in [0.5, 0.6) is 5.75 Å². The number of hydrogen-bond donors (Lipinski definition) is 2. The molecule has 88 valence electrons. The van der Waals surface area contributed by atoms with Crippen molar-refractivity contribution in [2.75, 3.05) is 0 Å². The van der Waals surface area contributed by atoms with E-state index in [1.54, 1.807) is 6.92 Å². The van der Waals surface area contributed by atoms with Crippen LogP contribution in [0.25, 0.3) is 11.0 Å². The molecule has 0 saturated carbocycles. The molecule has 0 aliphatic heterocycles. The molecule has 0 bridgehead atoms. The van der Waals surface area contributed by atoms with Crippen molar-refractivity contribution < 1.29 is 19.4 Å². The summed E-state index contributed by atoms with van der Waals surface area (Å²) < 4.78 is 5.15. The Morgan fingerprint density at radius 2 is 2.12 bits per heavy atom. The number of carboxylic acid groups (broad SMARTS) is 1. The van der Waals surface area contributed by atoms with E-state index in [4.69, 9.17) is 9.52 Å². The summed E-state index contributed by atoms with van der Waals surface area (Å²) in [7, 11) is 0. The average Bonchev–Trinajstić information content (AvgIpc) is 2.28. The quantitative estimate of drug-likeness (QED) is 0.826. The molecule has 5 heteroatoms. The van der Waals surface area contributed by atoms with Crippen LogP contribution in [0.4, 0.5) is 0 Å². The Labute approximate surface area is 95.9 Å². The number of hydrogen-bond acceptors (Lipinski definition) is 4. The zero-order valence-electron chi connectivity index (χ0n) is 9.06. The highest BCUT2D eigenvalue weighted by atomic mass is 16.4. The van der Waals surface area contributed by atoms with Crippen molar-refractivity contribution in [2.24, 2.45) is 0 Å². The lowest BCUT2D eigenvalue weighted by Crippen LogP contribution is -2.15. The number of carboxylic acids is 1. The number of phenolic OH excluding ortho intramolecular Hbond substituents is 1. The van der Waals surface area contributed by atoms with Crippen molar-refractivity contribution in [3.05, 3.63) is 39.7 Å². The highest BCUT2D eigenvalue weighted by Crippen LogP contribution is 2.23. The molecule has 2 aromatic rings. The highest BCUT2D eigenvalue weighted by molar-refractivity contribution is 5.91. The fraction of sp³-hybridized carbons (Fsp3) is 0.167. The van der Waals surface area contributed by atoms with E-state index in [1.807, 2.05) is 0 Å². The molecule has 0 amide bonds. The molecule has 0 spiro atoms. The Kier molecular flexibility index (Phi) is 2.59. The van der Waals surface area contributed by atoms with Gasteiger partial charge >= 0.3 is 5.97 Å². The fourth-order valence-corrected chi connectivity index (χ4v) is 1.75. The van der Waals surface area contributed by atoms with Crippen LogP contribution in [0.3, 0.4) is 0 Å². The molecule has 0 atom stereocenters. The first-order chi connectivity index (χ1) is 8.06. The van der Waals surface area contributed by atoms with Gasteiger partial charge in [-0.1, -0.05) is 13.0 Å². The lowest BCUT2D eigenvalue weighted by Gasteiger charge is -2.05. The van der Waals surface area contributed by atoms with Gasteiger partial charge in [-0.05, 0) is 18.6 Å².